The van der Waals surface area contributed by atoms with E-state index in [1.54, 1.807) is 25.3 Å². The van der Waals surface area contributed by atoms with E-state index in [4.69, 9.17) is 4.74 Å². The highest BCUT2D eigenvalue weighted by Gasteiger charge is 2.21. The quantitative estimate of drug-likeness (QED) is 0.587. The van der Waals surface area contributed by atoms with Gasteiger partial charge in [0.15, 0.2) is 6.54 Å². The van der Waals surface area contributed by atoms with Crippen LogP contribution in [0.25, 0.3) is 0 Å². The molecule has 162 valence electrons. The van der Waals surface area contributed by atoms with Crippen LogP contribution in [0, 0.1) is 5.92 Å². The number of nitrogens with one attached hydrogen (secondary N) is 2. The fourth-order valence-electron chi connectivity index (χ4n) is 3.42. The molecule has 0 saturated carbocycles. The summed E-state index contributed by atoms with van der Waals surface area (Å²) in [6, 6.07) is 14.0. The number of anilines is 2. The van der Waals surface area contributed by atoms with Gasteiger partial charge in [-0.1, -0.05) is 52.0 Å². The Kier molecular flexibility index (Phi) is 8.42. The van der Waals surface area contributed by atoms with E-state index in [0.29, 0.717) is 29.0 Å². The van der Waals surface area contributed by atoms with Crippen molar-refractivity contribution >= 4 is 23.2 Å². The zero-order valence-electron chi connectivity index (χ0n) is 18.8. The Balaban J connectivity index is 2.06. The summed E-state index contributed by atoms with van der Waals surface area (Å²) in [5.41, 5.74) is 3.66. The summed E-state index contributed by atoms with van der Waals surface area (Å²) in [7, 11) is 1.55. The number of rotatable bonds is 9. The van der Waals surface area contributed by atoms with E-state index in [1.165, 1.54) is 18.1 Å². The highest BCUT2D eigenvalue weighted by Crippen LogP contribution is 2.28. The summed E-state index contributed by atoms with van der Waals surface area (Å²) in [5.74, 6) is 1.11. The third-order valence-electron chi connectivity index (χ3n) is 5.06. The summed E-state index contributed by atoms with van der Waals surface area (Å²) in [6.45, 7) is 10.4. The maximum Gasteiger partial charge on any atom is 0.279 e. The second-order valence-electron chi connectivity index (χ2n) is 8.18. The zero-order chi connectivity index (χ0) is 22.3. The van der Waals surface area contributed by atoms with E-state index in [1.807, 2.05) is 0 Å². The van der Waals surface area contributed by atoms with E-state index >= 15 is 0 Å². The van der Waals surface area contributed by atoms with Crippen LogP contribution in [0.1, 0.15) is 57.7 Å². The lowest BCUT2D eigenvalue weighted by Crippen LogP contribution is -2.88. The smallest absolute Gasteiger partial charge is 0.279 e. The predicted molar refractivity (Wildman–Crippen MR) is 121 cm³/mol. The molecule has 0 aliphatic carbocycles. The normalized spacial score (nSPS) is 12.0. The van der Waals surface area contributed by atoms with Crippen molar-refractivity contribution in [2.45, 2.75) is 46.6 Å². The highest BCUT2D eigenvalue weighted by molar-refractivity contribution is 5.95. The average Bonchev–Trinajstić information content (AvgIpc) is 2.68. The number of methoxy groups -OCH3 is 1. The van der Waals surface area contributed by atoms with Crippen molar-refractivity contribution in [1.82, 2.24) is 0 Å². The molecule has 0 bridgehead atoms. The van der Waals surface area contributed by atoms with Gasteiger partial charge in [-0.05, 0) is 29.7 Å². The molecule has 0 aromatic heterocycles. The standard InChI is InChI=1S/C24H33N3O3/c1-15(2)18-7-9-19(10-8-18)24(16(3)4)25-14-23(29)27-21-13-20(26-17(5)28)11-12-22(21)30-6/h7-13,15-16,24-25H,14H2,1-6H3,(H,26,28)(H,27,29)/p+1/t24-/m0/s1. The fraction of sp³-hybridized carbons (Fsp3) is 0.417. The Hall–Kier alpha value is -2.86. The molecule has 1 atom stereocenters. The van der Waals surface area contributed by atoms with Crippen LogP contribution in [-0.4, -0.2) is 25.5 Å². The van der Waals surface area contributed by atoms with E-state index in [2.05, 4.69) is 67.9 Å². The van der Waals surface area contributed by atoms with Crippen LogP contribution in [0.15, 0.2) is 42.5 Å². The molecule has 6 nitrogen and oxygen atoms in total. The number of carbonyl (C=O) groups is 2. The van der Waals surface area contributed by atoms with Crippen LogP contribution >= 0.6 is 0 Å². The van der Waals surface area contributed by atoms with Crippen molar-refractivity contribution in [1.29, 1.82) is 0 Å². The average molecular weight is 413 g/mol. The van der Waals surface area contributed by atoms with Gasteiger partial charge in [0.25, 0.3) is 5.91 Å². The van der Waals surface area contributed by atoms with Gasteiger partial charge in [-0.25, -0.2) is 0 Å². The van der Waals surface area contributed by atoms with Gasteiger partial charge < -0.3 is 20.7 Å². The Bertz CT molecular complexity index is 860. The molecule has 4 N–H and O–H groups in total. The number of nitrogens with two attached hydrogens (primary N) is 1. The van der Waals surface area contributed by atoms with Gasteiger partial charge in [0.05, 0.1) is 12.8 Å². The van der Waals surface area contributed by atoms with Crippen molar-refractivity contribution in [2.75, 3.05) is 24.3 Å². The minimum Gasteiger partial charge on any atom is -0.495 e. The van der Waals surface area contributed by atoms with Gasteiger partial charge in [-0.15, -0.1) is 0 Å². The molecule has 2 aromatic rings. The molecule has 2 aromatic carbocycles. The molecular weight excluding hydrogens is 378 g/mol. The molecule has 6 heteroatoms. The molecule has 0 saturated heterocycles. The third-order valence-corrected chi connectivity index (χ3v) is 5.06. The van der Waals surface area contributed by atoms with Crippen LogP contribution in [0.3, 0.4) is 0 Å². The second-order valence-corrected chi connectivity index (χ2v) is 8.18. The van der Waals surface area contributed by atoms with E-state index < -0.39 is 0 Å². The lowest BCUT2D eigenvalue weighted by atomic mass is 9.93. The number of hydrogen-bond donors (Lipinski definition) is 3. The molecule has 2 amide bonds. The molecule has 0 unspecified atom stereocenters. The summed E-state index contributed by atoms with van der Waals surface area (Å²) < 4.78 is 5.33. The lowest BCUT2D eigenvalue weighted by Gasteiger charge is -2.20. The molecule has 0 aliphatic rings. The van der Waals surface area contributed by atoms with Crippen molar-refractivity contribution in [3.63, 3.8) is 0 Å². The van der Waals surface area contributed by atoms with Crippen LogP contribution in [0.5, 0.6) is 5.75 Å². The minimum absolute atomic E-state index is 0.127. The number of benzene rings is 2. The summed E-state index contributed by atoms with van der Waals surface area (Å²) in [5, 5.41) is 7.68. The number of quaternary nitrogens is 1. The first-order chi connectivity index (χ1) is 14.2. The Morgan fingerprint density at radius 2 is 1.60 bits per heavy atom. The highest BCUT2D eigenvalue weighted by atomic mass is 16.5. The van der Waals surface area contributed by atoms with Crippen LogP contribution in [0.4, 0.5) is 11.4 Å². The summed E-state index contributed by atoms with van der Waals surface area (Å²) >= 11 is 0. The van der Waals surface area contributed by atoms with Gasteiger partial charge in [-0.2, -0.15) is 0 Å². The maximum atomic E-state index is 12.6. The van der Waals surface area contributed by atoms with Crippen LogP contribution in [-0.2, 0) is 9.59 Å². The van der Waals surface area contributed by atoms with Crippen LogP contribution < -0.4 is 20.7 Å². The molecule has 0 fully saturated rings. The van der Waals surface area contributed by atoms with Crippen LogP contribution in [0.2, 0.25) is 0 Å². The molecule has 0 aliphatic heterocycles. The number of ether oxygens (including phenoxy) is 1. The first-order valence-electron chi connectivity index (χ1n) is 10.4. The van der Waals surface area contributed by atoms with Crippen molar-refractivity contribution in [3.05, 3.63) is 53.6 Å². The van der Waals surface area contributed by atoms with Crippen molar-refractivity contribution < 1.29 is 19.6 Å². The van der Waals surface area contributed by atoms with E-state index in [0.717, 1.165) is 0 Å². The molecule has 0 spiro atoms. The molecular formula is C24H34N3O3+. The fourth-order valence-corrected chi connectivity index (χ4v) is 3.42. The predicted octanol–water partition coefficient (Wildman–Crippen LogP) is 3.68. The second kappa shape index (κ2) is 10.8. The SMILES string of the molecule is COc1ccc(NC(C)=O)cc1NC(=O)C[NH2+][C@H](c1ccc(C(C)C)cc1)C(C)C. The zero-order valence-corrected chi connectivity index (χ0v) is 18.8. The number of hydrogen-bond acceptors (Lipinski definition) is 3. The summed E-state index contributed by atoms with van der Waals surface area (Å²) in [6.07, 6.45) is 0. The first-order valence-corrected chi connectivity index (χ1v) is 10.4. The minimum atomic E-state index is -0.172. The largest absolute Gasteiger partial charge is 0.495 e. The Labute approximate surface area is 179 Å². The van der Waals surface area contributed by atoms with Crippen molar-refractivity contribution in [2.24, 2.45) is 5.92 Å². The maximum absolute atomic E-state index is 12.6. The third kappa shape index (κ3) is 6.59. The Morgan fingerprint density at radius 3 is 2.13 bits per heavy atom. The van der Waals surface area contributed by atoms with Gasteiger partial charge in [0, 0.05) is 24.1 Å². The van der Waals surface area contributed by atoms with Gasteiger partial charge >= 0.3 is 0 Å². The van der Waals surface area contributed by atoms with E-state index in [-0.39, 0.29) is 24.4 Å². The molecule has 0 heterocycles. The molecule has 2 rings (SSSR count). The van der Waals surface area contributed by atoms with Gasteiger partial charge in [0.2, 0.25) is 5.91 Å². The van der Waals surface area contributed by atoms with Gasteiger partial charge in [0.1, 0.15) is 11.8 Å². The summed E-state index contributed by atoms with van der Waals surface area (Å²) in [4.78, 5) is 23.9. The van der Waals surface area contributed by atoms with E-state index in [9.17, 15) is 9.59 Å². The lowest BCUT2D eigenvalue weighted by molar-refractivity contribution is -0.692. The number of carbonyl (C=O) groups excluding carboxylic acids is 2. The van der Waals surface area contributed by atoms with Crippen molar-refractivity contribution in [3.8, 4) is 5.75 Å². The molecule has 30 heavy (non-hydrogen) atoms. The Morgan fingerprint density at radius 1 is 0.967 bits per heavy atom. The molecule has 0 radical (unpaired) electrons. The number of amides is 2. The monoisotopic (exact) mass is 412 g/mol. The first kappa shape index (κ1) is 23.4. The van der Waals surface area contributed by atoms with Gasteiger partial charge in [-0.3, -0.25) is 9.59 Å². The topological polar surface area (TPSA) is 84.0 Å².